The molecule has 1 unspecified atom stereocenters. The highest BCUT2D eigenvalue weighted by Crippen LogP contribution is 2.14. The Hall–Kier alpha value is -2.08. The van der Waals surface area contributed by atoms with Crippen LogP contribution in [0.5, 0.6) is 5.75 Å². The molecule has 116 valence electrons. The Morgan fingerprint density at radius 2 is 2.10 bits per heavy atom. The van der Waals surface area contributed by atoms with Gasteiger partial charge in [0.05, 0.1) is 6.61 Å². The molecule has 1 aromatic carbocycles. The molecule has 0 spiro atoms. The third-order valence-electron chi connectivity index (χ3n) is 2.78. The van der Waals surface area contributed by atoms with E-state index in [1.54, 1.807) is 24.3 Å². The molecule has 0 aliphatic rings. The fourth-order valence-electron chi connectivity index (χ4n) is 1.68. The molecular formula is C15H21NO5. The lowest BCUT2D eigenvalue weighted by Gasteiger charge is -2.14. The van der Waals surface area contributed by atoms with Gasteiger partial charge in [0.2, 0.25) is 0 Å². The van der Waals surface area contributed by atoms with Crippen molar-refractivity contribution in [2.24, 2.45) is 0 Å². The molecule has 6 nitrogen and oxygen atoms in total. The summed E-state index contributed by atoms with van der Waals surface area (Å²) in [6.45, 7) is 2.82. The second kappa shape index (κ2) is 8.97. The van der Waals surface area contributed by atoms with E-state index >= 15 is 0 Å². The summed E-state index contributed by atoms with van der Waals surface area (Å²) in [7, 11) is 1.48. The summed E-state index contributed by atoms with van der Waals surface area (Å²) in [5.41, 5.74) is 0.368. The lowest BCUT2D eigenvalue weighted by molar-refractivity contribution is -0.139. The number of aliphatic carboxylic acids is 1. The number of amides is 1. The molecule has 0 aliphatic carbocycles. The van der Waals surface area contributed by atoms with Gasteiger partial charge in [-0.2, -0.15) is 0 Å². The Bertz CT molecular complexity index is 475. The smallest absolute Gasteiger partial charge is 0.326 e. The summed E-state index contributed by atoms with van der Waals surface area (Å²) in [5, 5.41) is 11.5. The molecule has 0 aromatic heterocycles. The molecule has 6 heteroatoms. The molecular weight excluding hydrogens is 274 g/mol. The summed E-state index contributed by atoms with van der Waals surface area (Å²) in [6.07, 6.45) is 1.08. The van der Waals surface area contributed by atoms with E-state index in [-0.39, 0.29) is 13.0 Å². The van der Waals surface area contributed by atoms with Crippen molar-refractivity contribution in [1.82, 2.24) is 5.32 Å². The number of hydrogen-bond acceptors (Lipinski definition) is 4. The van der Waals surface area contributed by atoms with Gasteiger partial charge >= 0.3 is 5.97 Å². The topological polar surface area (TPSA) is 84.9 Å². The lowest BCUT2D eigenvalue weighted by Crippen LogP contribution is -2.41. The van der Waals surface area contributed by atoms with Crippen molar-refractivity contribution in [3.8, 4) is 5.75 Å². The zero-order chi connectivity index (χ0) is 15.7. The monoisotopic (exact) mass is 295 g/mol. The van der Waals surface area contributed by atoms with Crippen LogP contribution in [0.3, 0.4) is 0 Å². The Balaban J connectivity index is 2.70. The number of carbonyl (C=O) groups is 2. The molecule has 1 aromatic rings. The molecule has 2 N–H and O–H groups in total. The highest BCUT2D eigenvalue weighted by molar-refractivity contribution is 5.96. The average molecular weight is 295 g/mol. The van der Waals surface area contributed by atoms with Crippen LogP contribution in [-0.4, -0.2) is 43.3 Å². The van der Waals surface area contributed by atoms with E-state index in [4.69, 9.17) is 14.6 Å². The van der Waals surface area contributed by atoms with Gasteiger partial charge in [-0.15, -0.1) is 0 Å². The normalized spacial score (nSPS) is 11.7. The number of methoxy groups -OCH3 is 1. The van der Waals surface area contributed by atoms with Gasteiger partial charge in [-0.25, -0.2) is 4.79 Å². The van der Waals surface area contributed by atoms with Gasteiger partial charge in [-0.1, -0.05) is 13.0 Å². The minimum absolute atomic E-state index is 0.212. The van der Waals surface area contributed by atoms with E-state index in [2.05, 4.69) is 5.32 Å². The zero-order valence-electron chi connectivity index (χ0n) is 12.3. The molecule has 0 fully saturated rings. The molecule has 1 rings (SSSR count). The quantitative estimate of drug-likeness (QED) is 0.724. The fraction of sp³-hybridized carbons (Fsp3) is 0.467. The van der Waals surface area contributed by atoms with Crippen molar-refractivity contribution in [2.75, 3.05) is 20.3 Å². The maximum atomic E-state index is 12.1. The first-order valence-corrected chi connectivity index (χ1v) is 6.84. The van der Waals surface area contributed by atoms with Crippen molar-refractivity contribution in [2.45, 2.75) is 25.8 Å². The fourth-order valence-corrected chi connectivity index (χ4v) is 1.68. The van der Waals surface area contributed by atoms with Crippen LogP contribution in [0.1, 0.15) is 30.1 Å². The predicted octanol–water partition coefficient (Wildman–Crippen LogP) is 1.69. The molecule has 1 atom stereocenters. The Morgan fingerprint density at radius 1 is 1.33 bits per heavy atom. The minimum atomic E-state index is -1.08. The van der Waals surface area contributed by atoms with Gasteiger partial charge in [0.25, 0.3) is 5.91 Å². The Morgan fingerprint density at radius 3 is 2.71 bits per heavy atom. The first-order valence-electron chi connectivity index (χ1n) is 6.84. The van der Waals surface area contributed by atoms with E-state index in [1.165, 1.54) is 7.11 Å². The van der Waals surface area contributed by atoms with Gasteiger partial charge in [0, 0.05) is 25.7 Å². The van der Waals surface area contributed by atoms with Crippen LogP contribution in [0.25, 0.3) is 0 Å². The Labute approximate surface area is 124 Å². The number of carbonyl (C=O) groups excluding carboxylic acids is 1. The molecule has 0 radical (unpaired) electrons. The molecule has 0 saturated heterocycles. The first-order chi connectivity index (χ1) is 10.1. The third-order valence-corrected chi connectivity index (χ3v) is 2.78. The zero-order valence-corrected chi connectivity index (χ0v) is 12.3. The predicted molar refractivity (Wildman–Crippen MR) is 77.6 cm³/mol. The summed E-state index contributed by atoms with van der Waals surface area (Å²) in [4.78, 5) is 23.2. The van der Waals surface area contributed by atoms with Crippen molar-refractivity contribution >= 4 is 11.9 Å². The van der Waals surface area contributed by atoms with Crippen LogP contribution >= 0.6 is 0 Å². The van der Waals surface area contributed by atoms with E-state index in [9.17, 15) is 9.59 Å². The summed E-state index contributed by atoms with van der Waals surface area (Å²) < 4.78 is 10.3. The SMILES string of the molecule is CCCOc1cccc(C(=O)NC(CCOC)C(=O)O)c1. The molecule has 0 bridgehead atoms. The Kier molecular flexibility index (Phi) is 7.25. The highest BCUT2D eigenvalue weighted by atomic mass is 16.5. The van der Waals surface area contributed by atoms with E-state index < -0.39 is 17.9 Å². The van der Waals surface area contributed by atoms with Crippen LogP contribution in [-0.2, 0) is 9.53 Å². The van der Waals surface area contributed by atoms with Crippen molar-refractivity contribution < 1.29 is 24.2 Å². The largest absolute Gasteiger partial charge is 0.494 e. The van der Waals surface area contributed by atoms with Gasteiger partial charge < -0.3 is 19.9 Å². The maximum Gasteiger partial charge on any atom is 0.326 e. The van der Waals surface area contributed by atoms with Crippen LogP contribution in [0.15, 0.2) is 24.3 Å². The first kappa shape index (κ1) is 17.0. The number of hydrogen-bond donors (Lipinski definition) is 2. The molecule has 0 heterocycles. The second-order valence-corrected chi connectivity index (χ2v) is 4.52. The third kappa shape index (κ3) is 5.83. The van der Waals surface area contributed by atoms with Crippen LogP contribution in [0.4, 0.5) is 0 Å². The van der Waals surface area contributed by atoms with Gasteiger partial charge in [-0.05, 0) is 24.6 Å². The number of nitrogens with one attached hydrogen (secondary N) is 1. The molecule has 1 amide bonds. The van der Waals surface area contributed by atoms with Gasteiger partial charge in [-0.3, -0.25) is 4.79 Å². The number of carboxylic acids is 1. The molecule has 0 aliphatic heterocycles. The van der Waals surface area contributed by atoms with E-state index in [0.717, 1.165) is 6.42 Å². The van der Waals surface area contributed by atoms with Gasteiger partial charge in [0.15, 0.2) is 0 Å². The number of carboxylic acid groups (broad SMARTS) is 1. The molecule has 0 saturated carbocycles. The highest BCUT2D eigenvalue weighted by Gasteiger charge is 2.20. The van der Waals surface area contributed by atoms with Crippen LogP contribution < -0.4 is 10.1 Å². The van der Waals surface area contributed by atoms with Crippen LogP contribution in [0, 0.1) is 0 Å². The standard InChI is InChI=1S/C15H21NO5/c1-3-8-21-12-6-4-5-11(10-12)14(17)16-13(15(18)19)7-9-20-2/h4-6,10,13H,3,7-9H2,1-2H3,(H,16,17)(H,18,19). The minimum Gasteiger partial charge on any atom is -0.494 e. The number of ether oxygens (including phenoxy) is 2. The van der Waals surface area contributed by atoms with E-state index in [0.29, 0.717) is 17.9 Å². The van der Waals surface area contributed by atoms with Crippen molar-refractivity contribution in [1.29, 1.82) is 0 Å². The second-order valence-electron chi connectivity index (χ2n) is 4.52. The number of rotatable bonds is 9. The van der Waals surface area contributed by atoms with Gasteiger partial charge in [0.1, 0.15) is 11.8 Å². The molecule has 21 heavy (non-hydrogen) atoms. The summed E-state index contributed by atoms with van der Waals surface area (Å²) >= 11 is 0. The average Bonchev–Trinajstić information content (AvgIpc) is 2.49. The maximum absolute atomic E-state index is 12.1. The van der Waals surface area contributed by atoms with Crippen molar-refractivity contribution in [3.63, 3.8) is 0 Å². The van der Waals surface area contributed by atoms with E-state index in [1.807, 2.05) is 6.92 Å². The van der Waals surface area contributed by atoms with Crippen molar-refractivity contribution in [3.05, 3.63) is 29.8 Å². The number of benzene rings is 1. The van der Waals surface area contributed by atoms with Crippen LogP contribution in [0.2, 0.25) is 0 Å². The summed E-state index contributed by atoms with van der Waals surface area (Å²) in [5.74, 6) is -0.937. The lowest BCUT2D eigenvalue weighted by atomic mass is 10.1. The summed E-state index contributed by atoms with van der Waals surface area (Å²) in [6, 6.07) is 5.69.